The van der Waals surface area contributed by atoms with Gasteiger partial charge in [-0.25, -0.2) is 0 Å². The molecule has 0 saturated heterocycles. The van der Waals surface area contributed by atoms with E-state index in [0.29, 0.717) is 6.42 Å². The Labute approximate surface area is 114 Å². The van der Waals surface area contributed by atoms with Crippen molar-refractivity contribution in [1.29, 1.82) is 0 Å². The topological polar surface area (TPSA) is 78.6 Å². The quantitative estimate of drug-likeness (QED) is 0.784. The molecular weight excluding hydrogens is 246 g/mol. The first kappa shape index (κ1) is 16.0. The lowest BCUT2D eigenvalue weighted by Crippen LogP contribution is -2.48. The number of ether oxygens (including phenoxy) is 2. The molecule has 0 bridgehead atoms. The largest absolute Gasteiger partial charge is 0.469 e. The predicted molar refractivity (Wildman–Crippen MR) is 71.2 cm³/mol. The van der Waals surface area contributed by atoms with E-state index in [1.54, 1.807) is 20.8 Å². The van der Waals surface area contributed by atoms with Crippen molar-refractivity contribution in [2.45, 2.75) is 52.7 Å². The van der Waals surface area contributed by atoms with Crippen molar-refractivity contribution in [3.63, 3.8) is 0 Å². The minimum Gasteiger partial charge on any atom is -0.469 e. The van der Waals surface area contributed by atoms with Crippen molar-refractivity contribution in [3.8, 4) is 0 Å². The highest BCUT2D eigenvalue weighted by Crippen LogP contribution is 2.59. The van der Waals surface area contributed by atoms with Crippen LogP contribution in [0.2, 0.25) is 0 Å². The van der Waals surface area contributed by atoms with Gasteiger partial charge in [-0.1, -0.05) is 13.8 Å². The molecule has 0 aromatic heterocycles. The van der Waals surface area contributed by atoms with Crippen LogP contribution >= 0.6 is 0 Å². The molecule has 0 aromatic carbocycles. The lowest BCUT2D eigenvalue weighted by Gasteiger charge is -2.26. The molecular formula is C14H25NO4. The fourth-order valence-electron chi connectivity index (χ4n) is 2.62. The van der Waals surface area contributed by atoms with E-state index in [4.69, 9.17) is 15.2 Å². The highest BCUT2D eigenvalue weighted by molar-refractivity contribution is 5.90. The molecule has 1 aliphatic rings. The Hall–Kier alpha value is -1.10. The second-order valence-electron chi connectivity index (χ2n) is 6.60. The van der Waals surface area contributed by atoms with Gasteiger partial charge in [0.05, 0.1) is 12.5 Å². The van der Waals surface area contributed by atoms with Gasteiger partial charge in [0.1, 0.15) is 11.6 Å². The summed E-state index contributed by atoms with van der Waals surface area (Å²) in [6.07, 6.45) is 0.581. The summed E-state index contributed by atoms with van der Waals surface area (Å²) < 4.78 is 10.1. The second kappa shape index (κ2) is 5.12. The Bertz CT molecular complexity index is 372. The van der Waals surface area contributed by atoms with Gasteiger partial charge in [0.2, 0.25) is 0 Å². The third-order valence-electron chi connectivity index (χ3n) is 3.65. The minimum absolute atomic E-state index is 0.0717. The number of carbonyl (C=O) groups is 2. The summed E-state index contributed by atoms with van der Waals surface area (Å²) in [5, 5.41) is 0. The number of hydrogen-bond donors (Lipinski definition) is 1. The summed E-state index contributed by atoms with van der Waals surface area (Å²) in [6.45, 7) is 9.34. The molecule has 0 spiro atoms. The summed E-state index contributed by atoms with van der Waals surface area (Å²) >= 11 is 0. The summed E-state index contributed by atoms with van der Waals surface area (Å²) in [7, 11) is 1.32. The third-order valence-corrected chi connectivity index (χ3v) is 3.65. The highest BCUT2D eigenvalue weighted by Gasteiger charge is 2.67. The van der Waals surface area contributed by atoms with Crippen LogP contribution in [0.1, 0.15) is 41.0 Å². The van der Waals surface area contributed by atoms with Crippen LogP contribution in [0.4, 0.5) is 0 Å². The Balaban J connectivity index is 2.90. The molecule has 0 aliphatic heterocycles. The Morgan fingerprint density at radius 3 is 2.16 bits per heavy atom. The molecule has 1 aliphatic carbocycles. The lowest BCUT2D eigenvalue weighted by molar-refractivity contribution is -0.164. The van der Waals surface area contributed by atoms with Gasteiger partial charge in [0.25, 0.3) is 0 Å². The van der Waals surface area contributed by atoms with Crippen LogP contribution in [0.5, 0.6) is 0 Å². The number of esters is 2. The van der Waals surface area contributed by atoms with E-state index in [1.165, 1.54) is 7.11 Å². The molecule has 110 valence electrons. The van der Waals surface area contributed by atoms with Crippen LogP contribution < -0.4 is 5.73 Å². The maximum Gasteiger partial charge on any atom is 0.324 e. The van der Waals surface area contributed by atoms with Crippen LogP contribution in [-0.2, 0) is 19.1 Å². The summed E-state index contributed by atoms with van der Waals surface area (Å²) in [5.74, 6) is -0.610. The Morgan fingerprint density at radius 1 is 1.32 bits per heavy atom. The standard InChI is InChI=1S/C14H25NO4/c1-8(2)9-7-14(9,12(17)18-6)10(15)11(16)19-13(3,4)5/h8-10H,7,15H2,1-6H3. The molecule has 2 N–H and O–H groups in total. The number of nitrogens with two attached hydrogens (primary N) is 1. The van der Waals surface area contributed by atoms with E-state index in [9.17, 15) is 9.59 Å². The highest BCUT2D eigenvalue weighted by atomic mass is 16.6. The molecule has 1 rings (SSSR count). The van der Waals surface area contributed by atoms with Gasteiger partial charge in [0, 0.05) is 0 Å². The molecule has 19 heavy (non-hydrogen) atoms. The number of carbonyl (C=O) groups excluding carboxylic acids is 2. The first-order chi connectivity index (χ1) is 8.56. The van der Waals surface area contributed by atoms with Crippen LogP contribution in [0.3, 0.4) is 0 Å². The summed E-state index contributed by atoms with van der Waals surface area (Å²) in [6, 6.07) is -0.966. The van der Waals surface area contributed by atoms with Gasteiger partial charge in [-0.2, -0.15) is 0 Å². The second-order valence-corrected chi connectivity index (χ2v) is 6.60. The average Bonchev–Trinajstić information content (AvgIpc) is 3.01. The number of methoxy groups -OCH3 is 1. The van der Waals surface area contributed by atoms with Gasteiger partial charge >= 0.3 is 11.9 Å². The third kappa shape index (κ3) is 3.08. The minimum atomic E-state index is -0.966. The van der Waals surface area contributed by atoms with Gasteiger partial charge in [-0.15, -0.1) is 0 Å². The first-order valence-electron chi connectivity index (χ1n) is 6.63. The fourth-order valence-corrected chi connectivity index (χ4v) is 2.62. The van der Waals surface area contributed by atoms with Crippen LogP contribution in [0.25, 0.3) is 0 Å². The number of rotatable bonds is 4. The molecule has 0 radical (unpaired) electrons. The predicted octanol–water partition coefficient (Wildman–Crippen LogP) is 1.49. The maximum absolute atomic E-state index is 12.1. The molecule has 1 saturated carbocycles. The Kier molecular flexibility index (Phi) is 4.30. The molecule has 3 atom stereocenters. The maximum atomic E-state index is 12.1. The van der Waals surface area contributed by atoms with Crippen LogP contribution in [0.15, 0.2) is 0 Å². The molecule has 1 fully saturated rings. The van der Waals surface area contributed by atoms with Gasteiger partial charge < -0.3 is 15.2 Å². The van der Waals surface area contributed by atoms with Crippen molar-refractivity contribution in [2.75, 3.05) is 7.11 Å². The van der Waals surface area contributed by atoms with E-state index in [-0.39, 0.29) is 11.8 Å². The van der Waals surface area contributed by atoms with E-state index in [2.05, 4.69) is 0 Å². The van der Waals surface area contributed by atoms with Crippen molar-refractivity contribution >= 4 is 11.9 Å². The van der Waals surface area contributed by atoms with Gasteiger partial charge in [0.15, 0.2) is 0 Å². The van der Waals surface area contributed by atoms with E-state index < -0.39 is 29.0 Å². The summed E-state index contributed by atoms with van der Waals surface area (Å²) in [5.41, 5.74) is 4.47. The fraction of sp³-hybridized carbons (Fsp3) is 0.857. The normalized spacial score (nSPS) is 27.9. The zero-order chi connectivity index (χ0) is 15.0. The monoisotopic (exact) mass is 271 g/mol. The SMILES string of the molecule is COC(=O)C1(C(N)C(=O)OC(C)(C)C)CC1C(C)C. The molecule has 3 unspecified atom stereocenters. The zero-order valence-corrected chi connectivity index (χ0v) is 12.6. The Morgan fingerprint density at radius 2 is 1.84 bits per heavy atom. The summed E-state index contributed by atoms with van der Waals surface area (Å²) in [4.78, 5) is 24.1. The smallest absolute Gasteiger partial charge is 0.324 e. The first-order valence-corrected chi connectivity index (χ1v) is 6.63. The number of hydrogen-bond acceptors (Lipinski definition) is 5. The zero-order valence-electron chi connectivity index (χ0n) is 12.6. The van der Waals surface area contributed by atoms with Crippen molar-refractivity contribution in [3.05, 3.63) is 0 Å². The molecule has 5 heteroatoms. The average molecular weight is 271 g/mol. The van der Waals surface area contributed by atoms with Crippen LogP contribution in [-0.4, -0.2) is 30.7 Å². The molecule has 5 nitrogen and oxygen atoms in total. The molecule has 0 heterocycles. The van der Waals surface area contributed by atoms with Crippen molar-refractivity contribution in [2.24, 2.45) is 23.0 Å². The van der Waals surface area contributed by atoms with Gasteiger partial charge in [-0.05, 0) is 39.0 Å². The van der Waals surface area contributed by atoms with E-state index in [1.807, 2.05) is 13.8 Å². The van der Waals surface area contributed by atoms with Crippen molar-refractivity contribution < 1.29 is 19.1 Å². The van der Waals surface area contributed by atoms with E-state index in [0.717, 1.165) is 0 Å². The lowest BCUT2D eigenvalue weighted by atomic mass is 9.90. The van der Waals surface area contributed by atoms with Crippen LogP contribution in [0, 0.1) is 17.3 Å². The van der Waals surface area contributed by atoms with E-state index >= 15 is 0 Å². The molecule has 0 aromatic rings. The molecule has 0 amide bonds. The van der Waals surface area contributed by atoms with Crippen molar-refractivity contribution in [1.82, 2.24) is 0 Å². The van der Waals surface area contributed by atoms with Gasteiger partial charge in [-0.3, -0.25) is 9.59 Å².